The van der Waals surface area contributed by atoms with Gasteiger partial charge < -0.3 is 24.3 Å². The van der Waals surface area contributed by atoms with E-state index >= 15 is 0 Å². The fraction of sp³-hybridized carbons (Fsp3) is 0.333. The molecule has 1 saturated heterocycles. The lowest BCUT2D eigenvalue weighted by atomic mass is 10.0. The lowest BCUT2D eigenvalue weighted by Gasteiger charge is -2.26. The van der Waals surface area contributed by atoms with Crippen molar-refractivity contribution in [1.29, 1.82) is 0 Å². The lowest BCUT2D eigenvalue weighted by molar-refractivity contribution is -0.117. The third kappa shape index (κ3) is 7.34. The second-order valence-electron chi connectivity index (χ2n) is 9.11. The highest BCUT2D eigenvalue weighted by molar-refractivity contribution is 5.89. The minimum atomic E-state index is -0.381. The molecule has 1 N–H and O–H groups in total. The molecule has 4 atom stereocenters. The highest BCUT2D eigenvalue weighted by Crippen LogP contribution is 2.27. The topological polar surface area (TPSA) is 73.9 Å². The quantitative estimate of drug-likeness (QED) is 0.373. The molecule has 0 amide bonds. The Morgan fingerprint density at radius 3 is 1.75 bits per heavy atom. The standard InChI is InChI=1S/C30H33NO5/c1-22(32)17-18-26-28(34-19-23-11-5-2-6-12-23)29(35-20-24-13-7-3-8-14-24)27(31-26)21-36-30(33)25-15-9-4-10-16-25/h2-16,26-29,31H,17-21H2,1H3/t26-,27-,28+,29-/m1/s1. The number of benzene rings is 3. The summed E-state index contributed by atoms with van der Waals surface area (Å²) in [6.45, 7) is 2.55. The Hall–Kier alpha value is -3.32. The van der Waals surface area contributed by atoms with Gasteiger partial charge in [-0.05, 0) is 36.6 Å². The van der Waals surface area contributed by atoms with Crippen LogP contribution in [0.25, 0.3) is 0 Å². The molecule has 0 saturated carbocycles. The predicted molar refractivity (Wildman–Crippen MR) is 137 cm³/mol. The summed E-state index contributed by atoms with van der Waals surface area (Å²) in [5, 5.41) is 3.55. The van der Waals surface area contributed by atoms with Crippen LogP contribution in [0.2, 0.25) is 0 Å². The van der Waals surface area contributed by atoms with Gasteiger partial charge >= 0.3 is 5.97 Å². The highest BCUT2D eigenvalue weighted by Gasteiger charge is 2.45. The Bertz CT molecular complexity index is 1090. The highest BCUT2D eigenvalue weighted by atomic mass is 16.6. The molecule has 188 valence electrons. The summed E-state index contributed by atoms with van der Waals surface area (Å²) >= 11 is 0. The average molecular weight is 488 g/mol. The van der Waals surface area contributed by atoms with Crippen LogP contribution in [0.3, 0.4) is 0 Å². The zero-order chi connectivity index (χ0) is 25.2. The summed E-state index contributed by atoms with van der Waals surface area (Å²) in [4.78, 5) is 24.4. The molecule has 0 bridgehead atoms. The van der Waals surface area contributed by atoms with Crippen molar-refractivity contribution >= 4 is 11.8 Å². The molecule has 0 aliphatic carbocycles. The normalized spacial score (nSPS) is 21.2. The van der Waals surface area contributed by atoms with Gasteiger partial charge in [-0.25, -0.2) is 4.79 Å². The maximum absolute atomic E-state index is 12.6. The van der Waals surface area contributed by atoms with Crippen molar-refractivity contribution in [2.75, 3.05) is 6.61 Å². The molecule has 6 nitrogen and oxygen atoms in total. The van der Waals surface area contributed by atoms with Gasteiger partial charge in [0, 0.05) is 12.5 Å². The minimum absolute atomic E-state index is 0.112. The first kappa shape index (κ1) is 25.8. The minimum Gasteiger partial charge on any atom is -0.460 e. The van der Waals surface area contributed by atoms with Crippen LogP contribution in [0.4, 0.5) is 0 Å². The molecule has 1 fully saturated rings. The number of hydrogen-bond donors (Lipinski definition) is 1. The maximum Gasteiger partial charge on any atom is 0.338 e. The maximum atomic E-state index is 12.6. The van der Waals surface area contributed by atoms with E-state index in [0.29, 0.717) is 31.6 Å². The van der Waals surface area contributed by atoms with E-state index in [0.717, 1.165) is 11.1 Å². The molecule has 1 aliphatic heterocycles. The van der Waals surface area contributed by atoms with Gasteiger partial charge in [-0.1, -0.05) is 78.9 Å². The van der Waals surface area contributed by atoms with Gasteiger partial charge in [0.15, 0.2) is 0 Å². The SMILES string of the molecule is CC(=O)CC[C@H]1N[C@H](COC(=O)c2ccccc2)[C@@H](OCc2ccccc2)[C@H]1OCc1ccccc1. The van der Waals surface area contributed by atoms with Crippen LogP contribution < -0.4 is 5.32 Å². The summed E-state index contributed by atoms with van der Waals surface area (Å²) < 4.78 is 18.5. The lowest BCUT2D eigenvalue weighted by Crippen LogP contribution is -2.40. The van der Waals surface area contributed by atoms with E-state index < -0.39 is 0 Å². The fourth-order valence-electron chi connectivity index (χ4n) is 4.45. The Balaban J connectivity index is 1.50. The molecule has 1 aliphatic rings. The van der Waals surface area contributed by atoms with Gasteiger partial charge in [-0.15, -0.1) is 0 Å². The van der Waals surface area contributed by atoms with Crippen molar-refractivity contribution in [3.63, 3.8) is 0 Å². The van der Waals surface area contributed by atoms with Gasteiger partial charge in [0.05, 0.1) is 24.8 Å². The number of nitrogens with one attached hydrogen (secondary N) is 1. The monoisotopic (exact) mass is 487 g/mol. The molecule has 0 aromatic heterocycles. The van der Waals surface area contributed by atoms with Gasteiger partial charge in [0.2, 0.25) is 0 Å². The molecule has 0 unspecified atom stereocenters. The molecule has 4 rings (SSSR count). The summed E-state index contributed by atoms with van der Waals surface area (Å²) in [5.41, 5.74) is 2.61. The van der Waals surface area contributed by atoms with Crippen LogP contribution in [0.15, 0.2) is 91.0 Å². The second-order valence-corrected chi connectivity index (χ2v) is 9.11. The van der Waals surface area contributed by atoms with Crippen molar-refractivity contribution < 1.29 is 23.8 Å². The van der Waals surface area contributed by atoms with Crippen molar-refractivity contribution in [3.05, 3.63) is 108 Å². The smallest absolute Gasteiger partial charge is 0.338 e. The number of Topliss-reactive ketones (excluding diaryl/α,β-unsaturated/α-hetero) is 1. The molecule has 0 radical (unpaired) electrons. The zero-order valence-electron chi connectivity index (χ0n) is 20.5. The first-order valence-corrected chi connectivity index (χ1v) is 12.4. The van der Waals surface area contributed by atoms with Crippen molar-refractivity contribution in [3.8, 4) is 0 Å². The van der Waals surface area contributed by atoms with Gasteiger partial charge in [-0.2, -0.15) is 0 Å². The van der Waals surface area contributed by atoms with E-state index in [1.165, 1.54) is 0 Å². The second kappa shape index (κ2) is 13.1. The van der Waals surface area contributed by atoms with E-state index in [9.17, 15) is 9.59 Å². The van der Waals surface area contributed by atoms with Crippen LogP contribution in [0.5, 0.6) is 0 Å². The Labute approximate surface area is 212 Å². The molecule has 1 heterocycles. The van der Waals surface area contributed by atoms with Crippen LogP contribution >= 0.6 is 0 Å². The summed E-state index contributed by atoms with van der Waals surface area (Å²) in [6.07, 6.45) is 0.372. The molecule has 36 heavy (non-hydrogen) atoms. The molecule has 6 heteroatoms. The van der Waals surface area contributed by atoms with E-state index in [2.05, 4.69) is 5.32 Å². The summed E-state index contributed by atoms with van der Waals surface area (Å²) in [6, 6.07) is 28.5. The van der Waals surface area contributed by atoms with Crippen molar-refractivity contribution in [1.82, 2.24) is 5.32 Å². The van der Waals surface area contributed by atoms with Crippen LogP contribution in [-0.4, -0.2) is 42.7 Å². The van der Waals surface area contributed by atoms with E-state index in [1.54, 1.807) is 31.2 Å². The van der Waals surface area contributed by atoms with Gasteiger partial charge in [0.25, 0.3) is 0 Å². The summed E-state index contributed by atoms with van der Waals surface area (Å²) in [7, 11) is 0. The van der Waals surface area contributed by atoms with E-state index in [1.807, 2.05) is 66.7 Å². The Morgan fingerprint density at radius 1 is 0.722 bits per heavy atom. The Morgan fingerprint density at radius 2 is 1.22 bits per heavy atom. The predicted octanol–water partition coefficient (Wildman–Crippen LogP) is 4.72. The molecular formula is C30H33NO5. The van der Waals surface area contributed by atoms with Crippen LogP contribution in [0.1, 0.15) is 41.3 Å². The van der Waals surface area contributed by atoms with E-state index in [-0.39, 0.29) is 42.7 Å². The van der Waals surface area contributed by atoms with Crippen molar-refractivity contribution in [2.24, 2.45) is 0 Å². The average Bonchev–Trinajstić information content (AvgIpc) is 3.25. The molecule has 3 aromatic carbocycles. The number of hydrogen-bond acceptors (Lipinski definition) is 6. The number of carbonyl (C=O) groups is 2. The molecule has 0 spiro atoms. The van der Waals surface area contributed by atoms with Crippen molar-refractivity contribution in [2.45, 2.75) is 57.3 Å². The van der Waals surface area contributed by atoms with Crippen LogP contribution in [0, 0.1) is 0 Å². The number of ether oxygens (including phenoxy) is 3. The van der Waals surface area contributed by atoms with E-state index in [4.69, 9.17) is 14.2 Å². The number of rotatable bonds is 12. The number of ketones is 1. The molecule has 3 aromatic rings. The van der Waals surface area contributed by atoms with Gasteiger partial charge in [0.1, 0.15) is 24.6 Å². The van der Waals surface area contributed by atoms with Gasteiger partial charge in [-0.3, -0.25) is 0 Å². The summed E-state index contributed by atoms with van der Waals surface area (Å²) in [5.74, 6) is -0.257. The first-order valence-electron chi connectivity index (χ1n) is 12.4. The first-order chi connectivity index (χ1) is 17.6. The Kier molecular flexibility index (Phi) is 9.39. The molecular weight excluding hydrogens is 454 g/mol. The fourth-order valence-corrected chi connectivity index (χ4v) is 4.45. The third-order valence-electron chi connectivity index (χ3n) is 6.33. The zero-order valence-corrected chi connectivity index (χ0v) is 20.5. The number of carbonyl (C=O) groups excluding carboxylic acids is 2. The third-order valence-corrected chi connectivity index (χ3v) is 6.33. The van der Waals surface area contributed by atoms with Crippen LogP contribution in [-0.2, 0) is 32.2 Å². The largest absolute Gasteiger partial charge is 0.460 e. The number of esters is 1.